The number of methoxy groups -OCH3 is 1. The van der Waals surface area contributed by atoms with Crippen molar-refractivity contribution in [1.29, 1.82) is 0 Å². The summed E-state index contributed by atoms with van der Waals surface area (Å²) in [6.45, 7) is 5.13. The third kappa shape index (κ3) is 5.82. The molecule has 0 aliphatic carbocycles. The smallest absolute Gasteiger partial charge is 0.251 e. The van der Waals surface area contributed by atoms with Gasteiger partial charge in [0.15, 0.2) is 11.5 Å². The van der Waals surface area contributed by atoms with E-state index in [2.05, 4.69) is 10.6 Å². The lowest BCUT2D eigenvalue weighted by atomic mass is 10.0. The monoisotopic (exact) mass is 446 g/mol. The molecule has 2 aromatic carbocycles. The number of benzene rings is 2. The molecule has 31 heavy (non-hydrogen) atoms. The Labute approximate surface area is 187 Å². The molecular formula is C23H27ClN2O5. The molecule has 8 heteroatoms. The van der Waals surface area contributed by atoms with Crippen molar-refractivity contribution >= 4 is 23.4 Å². The Kier molecular flexibility index (Phi) is 7.63. The van der Waals surface area contributed by atoms with Crippen LogP contribution in [0, 0.1) is 5.92 Å². The van der Waals surface area contributed by atoms with Crippen molar-refractivity contribution in [3.63, 3.8) is 0 Å². The number of hydrogen-bond donors (Lipinski definition) is 2. The zero-order valence-electron chi connectivity index (χ0n) is 17.9. The highest BCUT2D eigenvalue weighted by molar-refractivity contribution is 6.32. The fraction of sp³-hybridized carbons (Fsp3) is 0.391. The number of nitrogens with one attached hydrogen (secondary N) is 2. The summed E-state index contributed by atoms with van der Waals surface area (Å²) in [5.41, 5.74) is 1.39. The minimum atomic E-state index is -0.654. The Balaban J connectivity index is 1.57. The quantitative estimate of drug-likeness (QED) is 0.650. The van der Waals surface area contributed by atoms with E-state index in [1.165, 1.54) is 0 Å². The number of fused-ring (bicyclic) bond motifs is 1. The summed E-state index contributed by atoms with van der Waals surface area (Å²) in [5, 5.41) is 6.21. The van der Waals surface area contributed by atoms with Crippen LogP contribution in [0.25, 0.3) is 0 Å². The Morgan fingerprint density at radius 3 is 2.52 bits per heavy atom. The number of ether oxygens (including phenoxy) is 3. The second-order valence-corrected chi connectivity index (χ2v) is 7.97. The first-order valence-corrected chi connectivity index (χ1v) is 10.6. The summed E-state index contributed by atoms with van der Waals surface area (Å²) in [5.74, 6) is 1.21. The van der Waals surface area contributed by atoms with E-state index in [0.29, 0.717) is 54.0 Å². The predicted octanol–water partition coefficient (Wildman–Crippen LogP) is 3.23. The van der Waals surface area contributed by atoms with Crippen LogP contribution in [0.3, 0.4) is 0 Å². The number of amides is 2. The third-order valence-corrected chi connectivity index (χ3v) is 5.24. The highest BCUT2D eigenvalue weighted by Gasteiger charge is 2.24. The fourth-order valence-electron chi connectivity index (χ4n) is 3.25. The predicted molar refractivity (Wildman–Crippen MR) is 118 cm³/mol. The van der Waals surface area contributed by atoms with E-state index in [9.17, 15) is 9.59 Å². The van der Waals surface area contributed by atoms with Crippen molar-refractivity contribution in [2.24, 2.45) is 5.92 Å². The van der Waals surface area contributed by atoms with Crippen LogP contribution in [-0.4, -0.2) is 44.7 Å². The van der Waals surface area contributed by atoms with Gasteiger partial charge in [0.2, 0.25) is 5.91 Å². The van der Waals surface area contributed by atoms with Crippen molar-refractivity contribution < 1.29 is 23.8 Å². The van der Waals surface area contributed by atoms with Crippen LogP contribution < -0.4 is 24.8 Å². The van der Waals surface area contributed by atoms with Crippen LogP contribution in [0.1, 0.15) is 29.8 Å². The molecule has 3 rings (SSSR count). The van der Waals surface area contributed by atoms with Crippen LogP contribution >= 0.6 is 11.6 Å². The maximum atomic E-state index is 12.7. The molecule has 7 nitrogen and oxygen atoms in total. The van der Waals surface area contributed by atoms with Crippen molar-refractivity contribution in [3.8, 4) is 17.2 Å². The van der Waals surface area contributed by atoms with E-state index in [4.69, 9.17) is 25.8 Å². The Morgan fingerprint density at radius 2 is 1.84 bits per heavy atom. The van der Waals surface area contributed by atoms with E-state index < -0.39 is 6.04 Å². The van der Waals surface area contributed by atoms with Gasteiger partial charge < -0.3 is 24.8 Å². The molecule has 1 atom stereocenters. The first-order chi connectivity index (χ1) is 14.9. The molecule has 0 radical (unpaired) electrons. The average Bonchev–Trinajstić information content (AvgIpc) is 2.77. The maximum Gasteiger partial charge on any atom is 0.251 e. The van der Waals surface area contributed by atoms with Gasteiger partial charge in [0, 0.05) is 12.1 Å². The molecule has 1 aliphatic heterocycles. The molecule has 1 unspecified atom stereocenters. The van der Waals surface area contributed by atoms with Gasteiger partial charge in [0.1, 0.15) is 25.0 Å². The van der Waals surface area contributed by atoms with Crippen LogP contribution in [0.15, 0.2) is 36.4 Å². The second-order valence-electron chi connectivity index (χ2n) is 7.57. The molecule has 1 heterocycles. The van der Waals surface area contributed by atoms with E-state index in [1.54, 1.807) is 31.4 Å². The lowest BCUT2D eigenvalue weighted by molar-refractivity contribution is -0.123. The van der Waals surface area contributed by atoms with Gasteiger partial charge in [-0.05, 0) is 54.3 Å². The summed E-state index contributed by atoms with van der Waals surface area (Å²) in [6, 6.07) is 9.77. The minimum absolute atomic E-state index is 0.0778. The summed E-state index contributed by atoms with van der Waals surface area (Å²) >= 11 is 6.27. The molecule has 0 saturated carbocycles. The summed E-state index contributed by atoms with van der Waals surface area (Å²) in [4.78, 5) is 25.3. The molecule has 0 fully saturated rings. The molecule has 0 aromatic heterocycles. The molecule has 0 spiro atoms. The highest BCUT2D eigenvalue weighted by atomic mass is 35.5. The second kappa shape index (κ2) is 10.4. The number of carbonyl (C=O) groups excluding carboxylic acids is 2. The number of rotatable bonds is 8. The van der Waals surface area contributed by atoms with Gasteiger partial charge in [-0.1, -0.05) is 25.4 Å². The molecular weight excluding hydrogens is 420 g/mol. The first-order valence-electron chi connectivity index (χ1n) is 10.2. The molecule has 0 bridgehead atoms. The lowest BCUT2D eigenvalue weighted by Crippen LogP contribution is -2.50. The van der Waals surface area contributed by atoms with Crippen LogP contribution in [0.5, 0.6) is 17.2 Å². The van der Waals surface area contributed by atoms with Crippen molar-refractivity contribution in [2.45, 2.75) is 26.3 Å². The molecule has 0 saturated heterocycles. The molecule has 2 aromatic rings. The first kappa shape index (κ1) is 22.7. The normalized spacial score (nSPS) is 13.5. The van der Waals surface area contributed by atoms with E-state index in [-0.39, 0.29) is 17.7 Å². The van der Waals surface area contributed by atoms with Gasteiger partial charge >= 0.3 is 0 Å². The Hall–Kier alpha value is -2.93. The van der Waals surface area contributed by atoms with Gasteiger partial charge in [-0.3, -0.25) is 9.59 Å². The largest absolute Gasteiger partial charge is 0.497 e. The van der Waals surface area contributed by atoms with Crippen molar-refractivity contribution in [1.82, 2.24) is 10.6 Å². The standard InChI is InChI=1S/C23H27ClN2O5/c1-14(2)20(26-22(27)16-4-6-17(29-3)7-5-16)23(28)25-9-8-15-12-18(24)21-19(13-15)30-10-11-31-21/h4-7,12-14,20H,8-11H2,1-3H3,(H,25,28)(H,26,27). The lowest BCUT2D eigenvalue weighted by Gasteiger charge is -2.22. The molecule has 2 N–H and O–H groups in total. The van der Waals surface area contributed by atoms with Crippen molar-refractivity contribution in [2.75, 3.05) is 26.9 Å². The minimum Gasteiger partial charge on any atom is -0.497 e. The van der Waals surface area contributed by atoms with Crippen LogP contribution in [0.4, 0.5) is 0 Å². The fourth-order valence-corrected chi connectivity index (χ4v) is 3.54. The number of carbonyl (C=O) groups is 2. The van der Waals surface area contributed by atoms with Gasteiger partial charge in [-0.15, -0.1) is 0 Å². The number of hydrogen-bond acceptors (Lipinski definition) is 5. The zero-order chi connectivity index (χ0) is 22.4. The van der Waals surface area contributed by atoms with Crippen LogP contribution in [-0.2, 0) is 11.2 Å². The SMILES string of the molecule is COc1ccc(C(=O)NC(C(=O)NCCc2cc(Cl)c3c(c2)OCCO3)C(C)C)cc1. The molecule has 166 valence electrons. The van der Waals surface area contributed by atoms with Gasteiger partial charge in [-0.25, -0.2) is 0 Å². The third-order valence-electron chi connectivity index (χ3n) is 4.96. The molecule has 1 aliphatic rings. The Morgan fingerprint density at radius 1 is 1.13 bits per heavy atom. The van der Waals surface area contributed by atoms with Gasteiger partial charge in [-0.2, -0.15) is 0 Å². The van der Waals surface area contributed by atoms with E-state index >= 15 is 0 Å². The van der Waals surface area contributed by atoms with Crippen LogP contribution in [0.2, 0.25) is 5.02 Å². The van der Waals surface area contributed by atoms with Gasteiger partial charge in [0.25, 0.3) is 5.91 Å². The van der Waals surface area contributed by atoms with E-state index in [1.807, 2.05) is 26.0 Å². The summed E-state index contributed by atoms with van der Waals surface area (Å²) in [7, 11) is 1.56. The number of halogens is 1. The topological polar surface area (TPSA) is 85.9 Å². The van der Waals surface area contributed by atoms with Gasteiger partial charge in [0.05, 0.1) is 12.1 Å². The van der Waals surface area contributed by atoms with E-state index in [0.717, 1.165) is 5.56 Å². The highest BCUT2D eigenvalue weighted by Crippen LogP contribution is 2.38. The summed E-state index contributed by atoms with van der Waals surface area (Å²) in [6.07, 6.45) is 0.569. The average molecular weight is 447 g/mol. The summed E-state index contributed by atoms with van der Waals surface area (Å²) < 4.78 is 16.2. The zero-order valence-corrected chi connectivity index (χ0v) is 18.6. The molecule has 2 amide bonds. The maximum absolute atomic E-state index is 12.7. The van der Waals surface area contributed by atoms with Crippen molar-refractivity contribution in [3.05, 3.63) is 52.5 Å². The Bertz CT molecular complexity index is 930.